The van der Waals surface area contributed by atoms with Gasteiger partial charge in [0.25, 0.3) is 0 Å². The molecular weight excluding hydrogens is 272 g/mol. The molecule has 5 nitrogen and oxygen atoms in total. The Bertz CT molecular complexity index is 545. The van der Waals surface area contributed by atoms with E-state index in [0.717, 1.165) is 0 Å². The molecule has 1 aliphatic heterocycles. The van der Waals surface area contributed by atoms with Crippen molar-refractivity contribution in [1.29, 1.82) is 0 Å². The van der Waals surface area contributed by atoms with Crippen LogP contribution in [0, 0.1) is 0 Å². The van der Waals surface area contributed by atoms with Crippen molar-refractivity contribution in [3.63, 3.8) is 0 Å². The highest BCUT2D eigenvalue weighted by Gasteiger charge is 2.53. The van der Waals surface area contributed by atoms with Crippen LogP contribution in [0.3, 0.4) is 0 Å². The van der Waals surface area contributed by atoms with Crippen molar-refractivity contribution in [3.8, 4) is 0 Å². The van der Waals surface area contributed by atoms with Gasteiger partial charge >= 0.3 is 7.12 Å². The van der Waals surface area contributed by atoms with E-state index in [1.54, 1.807) is 17.2 Å². The Kier molecular flexibility index (Phi) is 4.08. The second-order valence-electron chi connectivity index (χ2n) is 6.29. The van der Waals surface area contributed by atoms with E-state index in [-0.39, 0.29) is 0 Å². The number of nitrogens with zero attached hydrogens (tertiary/aromatic N) is 3. The van der Waals surface area contributed by atoms with E-state index in [4.69, 9.17) is 9.31 Å². The molecule has 0 spiro atoms. The highest BCUT2D eigenvalue weighted by Crippen LogP contribution is 2.38. The third-order valence-corrected chi connectivity index (χ3v) is 3.83. The lowest BCUT2D eigenvalue weighted by Gasteiger charge is -2.32. The first-order valence-corrected chi connectivity index (χ1v) is 6.85. The summed E-state index contributed by atoms with van der Waals surface area (Å²) in [4.78, 5) is 10.1. The molecule has 1 saturated heterocycles. The molecule has 0 aromatic carbocycles. The Labute approximate surface area is 125 Å². The third-order valence-electron chi connectivity index (χ3n) is 3.83. The van der Waals surface area contributed by atoms with E-state index in [0.29, 0.717) is 11.6 Å². The number of aromatic nitrogens is 2. The molecule has 0 atom stereocenters. The minimum Gasteiger partial charge on any atom is -0.398 e. The summed E-state index contributed by atoms with van der Waals surface area (Å²) in [5.41, 5.74) is -1.16. The zero-order valence-electron chi connectivity index (χ0n) is 13.3. The molecule has 0 saturated carbocycles. The predicted octanol–water partition coefficient (Wildman–Crippen LogP) is 2.48. The molecule has 114 valence electrons. The van der Waals surface area contributed by atoms with Crippen LogP contribution in [-0.4, -0.2) is 42.4 Å². The summed E-state index contributed by atoms with van der Waals surface area (Å²) in [7, 11) is 2.65. The standard InChI is InChI=1S/C14H21BFN3O2/c1-13(2)14(3,4)21-15(20-13)11(16)9-10-7-8-17-12(18-10)19(5)6/h7-9H,1-6H3. The van der Waals surface area contributed by atoms with Crippen molar-refractivity contribution in [1.82, 2.24) is 9.97 Å². The van der Waals surface area contributed by atoms with Gasteiger partial charge in [0.2, 0.25) is 5.95 Å². The summed E-state index contributed by atoms with van der Waals surface area (Å²) in [5, 5.41) is 0. The Morgan fingerprint density at radius 3 is 2.33 bits per heavy atom. The van der Waals surface area contributed by atoms with Gasteiger partial charge in [-0.05, 0) is 39.8 Å². The first-order chi connectivity index (χ1) is 9.62. The number of halogens is 1. The first-order valence-electron chi connectivity index (χ1n) is 6.85. The maximum atomic E-state index is 14.4. The predicted molar refractivity (Wildman–Crippen MR) is 81.5 cm³/mol. The molecule has 21 heavy (non-hydrogen) atoms. The van der Waals surface area contributed by atoms with E-state index in [9.17, 15) is 4.39 Å². The van der Waals surface area contributed by atoms with Gasteiger partial charge in [0.1, 0.15) is 5.73 Å². The normalized spacial score (nSPS) is 20.7. The summed E-state index contributed by atoms with van der Waals surface area (Å²) in [6, 6.07) is 1.64. The number of rotatable bonds is 3. The maximum Gasteiger partial charge on any atom is 0.525 e. The molecule has 1 fully saturated rings. The van der Waals surface area contributed by atoms with Crippen LogP contribution < -0.4 is 4.90 Å². The largest absolute Gasteiger partial charge is 0.525 e. The molecule has 0 bridgehead atoms. The van der Waals surface area contributed by atoms with Crippen LogP contribution in [0.4, 0.5) is 10.3 Å². The Morgan fingerprint density at radius 1 is 1.24 bits per heavy atom. The van der Waals surface area contributed by atoms with Crippen molar-refractivity contribution in [2.45, 2.75) is 38.9 Å². The molecule has 0 radical (unpaired) electrons. The molecule has 0 amide bonds. The molecule has 1 aromatic rings. The summed E-state index contributed by atoms with van der Waals surface area (Å²) in [5.74, 6) is 0.519. The zero-order valence-corrected chi connectivity index (χ0v) is 13.3. The number of anilines is 1. The lowest BCUT2D eigenvalue weighted by Crippen LogP contribution is -2.41. The highest BCUT2D eigenvalue weighted by molar-refractivity contribution is 6.54. The zero-order chi connectivity index (χ0) is 15.8. The van der Waals surface area contributed by atoms with Crippen LogP contribution in [0.15, 0.2) is 18.0 Å². The Balaban J connectivity index is 2.21. The van der Waals surface area contributed by atoms with Crippen LogP contribution in [0.1, 0.15) is 33.4 Å². The van der Waals surface area contributed by atoms with E-state index in [2.05, 4.69) is 9.97 Å². The van der Waals surface area contributed by atoms with E-state index >= 15 is 0 Å². The van der Waals surface area contributed by atoms with Gasteiger partial charge in [-0.25, -0.2) is 14.4 Å². The molecule has 2 heterocycles. The molecule has 2 rings (SSSR count). The van der Waals surface area contributed by atoms with Crippen molar-refractivity contribution >= 4 is 19.1 Å². The lowest BCUT2D eigenvalue weighted by atomic mass is 9.87. The Hall–Kier alpha value is -1.47. The van der Waals surface area contributed by atoms with E-state index in [1.165, 1.54) is 6.08 Å². The fraction of sp³-hybridized carbons (Fsp3) is 0.571. The minimum absolute atomic E-state index is 0.473. The van der Waals surface area contributed by atoms with Crippen molar-refractivity contribution in [3.05, 3.63) is 23.7 Å². The van der Waals surface area contributed by atoms with Gasteiger partial charge in [-0.15, -0.1) is 0 Å². The van der Waals surface area contributed by atoms with Crippen molar-refractivity contribution in [2.75, 3.05) is 19.0 Å². The Morgan fingerprint density at radius 2 is 1.81 bits per heavy atom. The van der Waals surface area contributed by atoms with Crippen LogP contribution in [0.5, 0.6) is 0 Å². The van der Waals surface area contributed by atoms with E-state index < -0.39 is 24.0 Å². The summed E-state index contributed by atoms with van der Waals surface area (Å²) in [6.45, 7) is 7.54. The van der Waals surface area contributed by atoms with Crippen LogP contribution in [0.25, 0.3) is 6.08 Å². The van der Waals surface area contributed by atoms with Crippen LogP contribution in [0.2, 0.25) is 0 Å². The SMILES string of the molecule is CN(C)c1nccc(C=C(F)B2OC(C)(C)C(C)(C)O2)n1. The molecule has 1 aromatic heterocycles. The van der Waals surface area contributed by atoms with Crippen molar-refractivity contribution in [2.24, 2.45) is 0 Å². The topological polar surface area (TPSA) is 47.5 Å². The summed E-state index contributed by atoms with van der Waals surface area (Å²) < 4.78 is 25.7. The third kappa shape index (κ3) is 3.24. The van der Waals surface area contributed by atoms with Gasteiger partial charge in [-0.2, -0.15) is 0 Å². The summed E-state index contributed by atoms with van der Waals surface area (Å²) in [6.07, 6.45) is 2.91. The molecule has 7 heteroatoms. The first kappa shape index (κ1) is 15.9. The van der Waals surface area contributed by atoms with Gasteiger partial charge in [-0.1, -0.05) is 0 Å². The average molecular weight is 293 g/mol. The van der Waals surface area contributed by atoms with Gasteiger partial charge in [0, 0.05) is 20.3 Å². The monoisotopic (exact) mass is 293 g/mol. The molecule has 0 aliphatic carbocycles. The molecule has 0 unspecified atom stereocenters. The van der Waals surface area contributed by atoms with Gasteiger partial charge < -0.3 is 14.2 Å². The molecular formula is C14H21BFN3O2. The van der Waals surface area contributed by atoms with Gasteiger partial charge in [0.05, 0.1) is 16.9 Å². The highest BCUT2D eigenvalue weighted by atomic mass is 19.1. The second-order valence-corrected chi connectivity index (χ2v) is 6.29. The maximum absolute atomic E-state index is 14.4. The second kappa shape index (κ2) is 5.38. The van der Waals surface area contributed by atoms with Crippen LogP contribution in [-0.2, 0) is 9.31 Å². The number of hydrogen-bond donors (Lipinski definition) is 0. The molecule has 1 aliphatic rings. The quantitative estimate of drug-likeness (QED) is 0.801. The fourth-order valence-corrected chi connectivity index (χ4v) is 1.82. The van der Waals surface area contributed by atoms with E-state index in [1.807, 2.05) is 41.8 Å². The van der Waals surface area contributed by atoms with Gasteiger partial charge in [-0.3, -0.25) is 0 Å². The van der Waals surface area contributed by atoms with Crippen LogP contribution >= 0.6 is 0 Å². The molecule has 0 N–H and O–H groups in total. The van der Waals surface area contributed by atoms with Crippen molar-refractivity contribution < 1.29 is 13.7 Å². The average Bonchev–Trinajstić information content (AvgIpc) is 2.59. The smallest absolute Gasteiger partial charge is 0.398 e. The lowest BCUT2D eigenvalue weighted by molar-refractivity contribution is 0.00578. The number of hydrogen-bond acceptors (Lipinski definition) is 5. The minimum atomic E-state index is -1.01. The fourth-order valence-electron chi connectivity index (χ4n) is 1.82. The van der Waals surface area contributed by atoms with Gasteiger partial charge in [0.15, 0.2) is 0 Å². The summed E-state index contributed by atoms with van der Waals surface area (Å²) >= 11 is 0.